The Hall–Kier alpha value is -0.146. The van der Waals surface area contributed by atoms with Crippen molar-refractivity contribution in [2.75, 3.05) is 0 Å². The average Bonchev–Trinajstić information content (AvgIpc) is 2.54. The number of unbranched alkanes of at least 4 members (excludes halogenated alkanes) is 4. The van der Waals surface area contributed by atoms with E-state index in [0.29, 0.717) is 0 Å². The number of carboxylic acids is 1. The largest absolute Gasteiger partial charge is 4.00 e. The van der Waals surface area contributed by atoms with E-state index in [1.807, 2.05) is 0 Å². The van der Waals surface area contributed by atoms with E-state index < -0.39 is 5.97 Å². The van der Waals surface area contributed by atoms with Gasteiger partial charge >= 0.3 is 27.7 Å². The van der Waals surface area contributed by atoms with E-state index in [-0.39, 0.29) is 33.9 Å². The third-order valence-electron chi connectivity index (χ3n) is 1.81. The molecule has 0 saturated carbocycles. The number of ketones is 1. The van der Waals surface area contributed by atoms with Crippen LogP contribution in [-0.2, 0) is 31.3 Å². The van der Waals surface area contributed by atoms with Gasteiger partial charge in [-0.1, -0.05) is 53.4 Å². The minimum absolute atomic E-state index is 0. The van der Waals surface area contributed by atoms with Crippen LogP contribution >= 0.6 is 0 Å². The van der Waals surface area contributed by atoms with Gasteiger partial charge in [0.1, 0.15) is 12.2 Å². The molecule has 0 heterocycles. The number of carboxylic acid groups (broad SMARTS) is 1. The van der Waals surface area contributed by atoms with Gasteiger partial charge in [-0.3, -0.25) is 9.59 Å². The molecule has 0 aromatic rings. The first-order chi connectivity index (χ1) is 10.8. The standard InChI is InChI=1S/C4H6O3.4C4H9.Ti/c1-3(5)2-4(6)7;4*1-3-4-2;/h2H2,1H3,(H,6,7);4*1,3-4H2,2H3;/q;4*-1;+4. The van der Waals surface area contributed by atoms with Gasteiger partial charge in [0.2, 0.25) is 0 Å². The summed E-state index contributed by atoms with van der Waals surface area (Å²) >= 11 is 0. The second-order valence-corrected chi connectivity index (χ2v) is 4.69. The zero-order chi connectivity index (χ0) is 19.5. The Labute approximate surface area is 168 Å². The fourth-order valence-corrected chi connectivity index (χ4v) is 0.213. The molecule has 0 atom stereocenters. The van der Waals surface area contributed by atoms with Gasteiger partial charge in [0.15, 0.2) is 0 Å². The minimum atomic E-state index is -1.06. The van der Waals surface area contributed by atoms with Gasteiger partial charge in [0, 0.05) is 0 Å². The Morgan fingerprint density at radius 3 is 0.875 bits per heavy atom. The summed E-state index contributed by atoms with van der Waals surface area (Å²) in [5.74, 6) is -1.37. The molecule has 0 unspecified atom stereocenters. The molecule has 0 aromatic carbocycles. The van der Waals surface area contributed by atoms with Crippen molar-refractivity contribution in [1.29, 1.82) is 0 Å². The van der Waals surface area contributed by atoms with Gasteiger partial charge in [-0.15, -0.1) is 0 Å². The Morgan fingerprint density at radius 1 is 0.708 bits per heavy atom. The van der Waals surface area contributed by atoms with Crippen molar-refractivity contribution >= 4 is 11.8 Å². The average molecular weight is 378 g/mol. The van der Waals surface area contributed by atoms with E-state index in [0.717, 1.165) is 25.7 Å². The topological polar surface area (TPSA) is 54.4 Å². The number of carbonyl (C=O) groups is 2. The predicted octanol–water partition coefficient (Wildman–Crippen LogP) is 6.53. The Balaban J connectivity index is -0.0000000429. The maximum atomic E-state index is 9.87. The van der Waals surface area contributed by atoms with Crippen molar-refractivity contribution < 1.29 is 36.4 Å². The van der Waals surface area contributed by atoms with Gasteiger partial charge in [-0.2, -0.15) is 25.7 Å². The third kappa shape index (κ3) is 154. The molecule has 0 aliphatic rings. The SMILES string of the molecule is CC(=O)CC(=O)O.[CH2-]CCC.[CH2-]CCC.[CH2-]CCC.[CH2-]CCC.[Ti+4]. The second kappa shape index (κ2) is 49.5. The molecule has 1 N–H and O–H groups in total. The predicted molar refractivity (Wildman–Crippen MR) is 104 cm³/mol. The Kier molecular flexibility index (Phi) is 80.6. The third-order valence-corrected chi connectivity index (χ3v) is 1.81. The minimum Gasteiger partial charge on any atom is -0.481 e. The summed E-state index contributed by atoms with van der Waals surface area (Å²) < 4.78 is 0. The molecule has 24 heavy (non-hydrogen) atoms. The zero-order valence-electron chi connectivity index (χ0n) is 17.0. The van der Waals surface area contributed by atoms with Crippen molar-refractivity contribution in [1.82, 2.24) is 0 Å². The second-order valence-electron chi connectivity index (χ2n) is 4.69. The number of Topliss-reactive ketones (excluding diaryl/α,β-unsaturated/α-hetero) is 1. The summed E-state index contributed by atoms with van der Waals surface area (Å²) in [5.41, 5.74) is 0. The van der Waals surface area contributed by atoms with E-state index in [1.54, 1.807) is 0 Å². The first kappa shape index (κ1) is 39.1. The van der Waals surface area contributed by atoms with Gasteiger partial charge in [-0.05, 0) is 6.92 Å². The van der Waals surface area contributed by atoms with Crippen LogP contribution in [0, 0.1) is 27.7 Å². The molecule has 144 valence electrons. The number of hydrogen-bond acceptors (Lipinski definition) is 2. The van der Waals surface area contributed by atoms with Crippen LogP contribution in [0.15, 0.2) is 0 Å². The van der Waals surface area contributed by atoms with E-state index in [9.17, 15) is 9.59 Å². The van der Waals surface area contributed by atoms with E-state index in [1.165, 1.54) is 32.6 Å². The van der Waals surface area contributed by atoms with E-state index in [4.69, 9.17) is 5.11 Å². The van der Waals surface area contributed by atoms with Crippen LogP contribution in [0.1, 0.15) is 92.4 Å². The first-order valence-electron chi connectivity index (χ1n) is 8.67. The number of hydrogen-bond donors (Lipinski definition) is 1. The molecular weight excluding hydrogens is 336 g/mol. The molecule has 0 rings (SSSR count). The molecule has 0 saturated heterocycles. The summed E-state index contributed by atoms with van der Waals surface area (Å²) in [6.07, 6.45) is 8.75. The van der Waals surface area contributed by atoms with Crippen LogP contribution < -0.4 is 0 Å². The smallest absolute Gasteiger partial charge is 0.481 e. The number of carbonyl (C=O) groups excluding carboxylic acids is 1. The monoisotopic (exact) mass is 378 g/mol. The first-order valence-corrected chi connectivity index (χ1v) is 8.67. The molecule has 0 radical (unpaired) electrons. The fourth-order valence-electron chi connectivity index (χ4n) is 0.213. The molecule has 4 heteroatoms. The molecule has 0 amide bonds. The van der Waals surface area contributed by atoms with Gasteiger partial charge in [-0.25, -0.2) is 0 Å². The van der Waals surface area contributed by atoms with Crippen molar-refractivity contribution in [2.24, 2.45) is 0 Å². The van der Waals surface area contributed by atoms with Crippen LogP contribution in [0.5, 0.6) is 0 Å². The van der Waals surface area contributed by atoms with Gasteiger partial charge in [0.05, 0.1) is 0 Å². The van der Waals surface area contributed by atoms with Gasteiger partial charge in [0.25, 0.3) is 0 Å². The zero-order valence-corrected chi connectivity index (χ0v) is 18.5. The molecular formula is C20H42O3Ti. The van der Waals surface area contributed by atoms with Crippen LogP contribution in [0.3, 0.4) is 0 Å². The van der Waals surface area contributed by atoms with E-state index >= 15 is 0 Å². The summed E-state index contributed by atoms with van der Waals surface area (Å²) in [6.45, 7) is 24.1. The number of aliphatic carboxylic acids is 1. The van der Waals surface area contributed by atoms with Crippen molar-refractivity contribution in [3.63, 3.8) is 0 Å². The molecule has 0 fully saturated rings. The van der Waals surface area contributed by atoms with E-state index in [2.05, 4.69) is 55.4 Å². The molecule has 0 aliphatic heterocycles. The van der Waals surface area contributed by atoms with Crippen molar-refractivity contribution in [3.8, 4) is 0 Å². The van der Waals surface area contributed by atoms with Gasteiger partial charge < -0.3 is 32.8 Å². The molecule has 0 spiro atoms. The molecule has 0 aromatic heterocycles. The van der Waals surface area contributed by atoms with Crippen LogP contribution in [-0.4, -0.2) is 16.9 Å². The summed E-state index contributed by atoms with van der Waals surface area (Å²) in [6, 6.07) is 0. The normalized spacial score (nSPS) is 7.38. The van der Waals surface area contributed by atoms with Crippen LogP contribution in [0.25, 0.3) is 0 Å². The number of rotatable bonds is 6. The molecule has 3 nitrogen and oxygen atoms in total. The Bertz CT molecular complexity index is 159. The summed E-state index contributed by atoms with van der Waals surface area (Å²) in [7, 11) is 0. The molecule has 0 aliphatic carbocycles. The maximum absolute atomic E-state index is 9.87. The van der Waals surface area contributed by atoms with Crippen molar-refractivity contribution in [2.45, 2.75) is 92.4 Å². The Morgan fingerprint density at radius 2 is 0.875 bits per heavy atom. The quantitative estimate of drug-likeness (QED) is 0.325. The molecule has 0 bridgehead atoms. The fraction of sp³-hybridized carbons (Fsp3) is 0.700. The van der Waals surface area contributed by atoms with Crippen LogP contribution in [0.2, 0.25) is 0 Å². The maximum Gasteiger partial charge on any atom is 4.00 e. The summed E-state index contributed by atoms with van der Waals surface area (Å²) in [5, 5.41) is 7.86. The summed E-state index contributed by atoms with van der Waals surface area (Å²) in [4.78, 5) is 19.5. The van der Waals surface area contributed by atoms with Crippen LogP contribution in [0.4, 0.5) is 0 Å². The van der Waals surface area contributed by atoms with Crippen molar-refractivity contribution in [3.05, 3.63) is 27.7 Å².